The Bertz CT molecular complexity index is 1200. The molecule has 3 rings (SSSR count). The average Bonchev–Trinajstić information content (AvgIpc) is 3.14. The second kappa shape index (κ2) is 8.89. The van der Waals surface area contributed by atoms with Crippen molar-refractivity contribution in [2.45, 2.75) is 66.1 Å². The highest BCUT2D eigenvalue weighted by Gasteiger charge is 2.22. The van der Waals surface area contributed by atoms with Crippen LogP contribution in [0.5, 0.6) is 0 Å². The van der Waals surface area contributed by atoms with Gasteiger partial charge in [0.15, 0.2) is 16.7 Å². The predicted molar refractivity (Wildman–Crippen MR) is 124 cm³/mol. The highest BCUT2D eigenvalue weighted by molar-refractivity contribution is 7.99. The maximum atomic E-state index is 13.2. The Morgan fingerprint density at radius 3 is 2.47 bits per heavy atom. The lowest BCUT2D eigenvalue weighted by atomic mass is 10.1. The number of aromatic amines is 1. The van der Waals surface area contributed by atoms with E-state index in [1.165, 1.54) is 30.0 Å². The van der Waals surface area contributed by atoms with Gasteiger partial charge in [-0.15, -0.1) is 11.3 Å². The number of H-pyrrole nitrogens is 1. The molecule has 0 aliphatic rings. The number of carbonyl (C=O) groups excluding carboxylic acids is 2. The van der Waals surface area contributed by atoms with Gasteiger partial charge in [-0.05, 0) is 52.2 Å². The number of ketones is 2. The Labute approximate surface area is 184 Å². The van der Waals surface area contributed by atoms with Gasteiger partial charge >= 0.3 is 0 Å². The molecule has 0 saturated heterocycles. The Balaban J connectivity index is 1.95. The number of aromatic nitrogens is 3. The number of fused-ring (bicyclic) bond motifs is 1. The van der Waals surface area contributed by atoms with Crippen LogP contribution in [-0.2, 0) is 6.54 Å². The Hall–Kier alpha value is -2.19. The Morgan fingerprint density at radius 2 is 1.87 bits per heavy atom. The zero-order chi connectivity index (χ0) is 22.2. The quantitative estimate of drug-likeness (QED) is 0.300. The maximum Gasteiger partial charge on any atom is 0.263 e. The predicted octanol–water partition coefficient (Wildman–Crippen LogP) is 5.00. The molecule has 0 aromatic carbocycles. The van der Waals surface area contributed by atoms with Crippen molar-refractivity contribution < 1.29 is 9.59 Å². The molecule has 0 bridgehead atoms. The molecule has 160 valence electrons. The normalized spacial score (nSPS) is 11.4. The molecule has 0 fully saturated rings. The van der Waals surface area contributed by atoms with Gasteiger partial charge < -0.3 is 4.98 Å². The van der Waals surface area contributed by atoms with E-state index in [0.29, 0.717) is 39.6 Å². The fourth-order valence-corrected chi connectivity index (χ4v) is 5.66. The summed E-state index contributed by atoms with van der Waals surface area (Å²) in [6, 6.07) is 0. The van der Waals surface area contributed by atoms with Gasteiger partial charge in [-0.1, -0.05) is 25.1 Å². The summed E-state index contributed by atoms with van der Waals surface area (Å²) in [5, 5.41) is 1.26. The topological polar surface area (TPSA) is 84.8 Å². The zero-order valence-corrected chi connectivity index (χ0v) is 19.9. The van der Waals surface area contributed by atoms with Crippen LogP contribution in [-0.4, -0.2) is 31.9 Å². The average molecular weight is 446 g/mol. The zero-order valence-electron chi connectivity index (χ0n) is 18.3. The number of hydrogen-bond donors (Lipinski definition) is 1. The van der Waals surface area contributed by atoms with Crippen molar-refractivity contribution in [3.63, 3.8) is 0 Å². The van der Waals surface area contributed by atoms with Crippen molar-refractivity contribution in [1.29, 1.82) is 0 Å². The first-order valence-electron chi connectivity index (χ1n) is 10.0. The lowest BCUT2D eigenvalue weighted by Crippen LogP contribution is -2.24. The third-order valence-corrected chi connectivity index (χ3v) is 7.47. The van der Waals surface area contributed by atoms with E-state index in [1.807, 2.05) is 13.8 Å². The summed E-state index contributed by atoms with van der Waals surface area (Å²) in [6.45, 7) is 11.7. The van der Waals surface area contributed by atoms with Crippen molar-refractivity contribution in [2.75, 3.05) is 5.75 Å². The van der Waals surface area contributed by atoms with E-state index in [0.717, 1.165) is 28.1 Å². The minimum absolute atomic E-state index is 0.0315. The number of rotatable bonds is 8. The smallest absolute Gasteiger partial charge is 0.263 e. The van der Waals surface area contributed by atoms with E-state index in [4.69, 9.17) is 4.98 Å². The van der Waals surface area contributed by atoms with Crippen LogP contribution in [0.3, 0.4) is 0 Å². The number of thioether (sulfide) groups is 1. The number of aryl methyl sites for hydroxylation is 3. The number of Topliss-reactive ketones (excluding diaryl/α,β-unsaturated/α-hetero) is 2. The molecular weight excluding hydrogens is 418 g/mol. The fraction of sp³-hybridized carbons (Fsp3) is 0.455. The molecule has 0 radical (unpaired) electrons. The largest absolute Gasteiger partial charge is 0.355 e. The van der Waals surface area contributed by atoms with Crippen molar-refractivity contribution in [3.05, 3.63) is 43.3 Å². The van der Waals surface area contributed by atoms with E-state index < -0.39 is 0 Å². The van der Waals surface area contributed by atoms with Gasteiger partial charge in [-0.2, -0.15) is 0 Å². The maximum absolute atomic E-state index is 13.2. The van der Waals surface area contributed by atoms with Gasteiger partial charge in [-0.25, -0.2) is 4.98 Å². The monoisotopic (exact) mass is 445 g/mol. The molecule has 3 aromatic rings. The number of carbonyl (C=O) groups is 2. The number of nitrogens with one attached hydrogen (secondary N) is 1. The van der Waals surface area contributed by atoms with Gasteiger partial charge in [0.2, 0.25) is 0 Å². The van der Waals surface area contributed by atoms with Crippen molar-refractivity contribution in [3.8, 4) is 0 Å². The van der Waals surface area contributed by atoms with Crippen LogP contribution in [0.4, 0.5) is 0 Å². The first-order valence-corrected chi connectivity index (χ1v) is 11.8. The molecule has 6 nitrogen and oxygen atoms in total. The molecule has 0 spiro atoms. The first-order chi connectivity index (χ1) is 14.2. The number of unbranched alkanes of at least 4 members (excludes halogenated alkanes) is 1. The van der Waals surface area contributed by atoms with Gasteiger partial charge in [0, 0.05) is 22.7 Å². The van der Waals surface area contributed by atoms with Crippen LogP contribution in [0.25, 0.3) is 10.2 Å². The first kappa shape index (κ1) is 22.5. The van der Waals surface area contributed by atoms with E-state index in [2.05, 4.69) is 11.9 Å². The molecule has 3 heterocycles. The van der Waals surface area contributed by atoms with Gasteiger partial charge in [0.25, 0.3) is 5.56 Å². The molecule has 0 unspecified atom stereocenters. The van der Waals surface area contributed by atoms with Gasteiger partial charge in [0.05, 0.1) is 16.8 Å². The van der Waals surface area contributed by atoms with E-state index in [-0.39, 0.29) is 22.9 Å². The van der Waals surface area contributed by atoms with Crippen LogP contribution >= 0.6 is 23.1 Å². The lowest BCUT2D eigenvalue weighted by molar-refractivity contribution is 0.101. The number of hydrogen-bond acceptors (Lipinski definition) is 6. The summed E-state index contributed by atoms with van der Waals surface area (Å²) in [6.07, 6.45) is 1.83. The Morgan fingerprint density at radius 1 is 1.17 bits per heavy atom. The lowest BCUT2D eigenvalue weighted by Gasteiger charge is -2.11. The van der Waals surface area contributed by atoms with Crippen LogP contribution in [0.15, 0.2) is 9.95 Å². The number of nitrogens with zero attached hydrogens (tertiary/aromatic N) is 2. The van der Waals surface area contributed by atoms with E-state index in [9.17, 15) is 14.4 Å². The third kappa shape index (κ3) is 4.03. The summed E-state index contributed by atoms with van der Waals surface area (Å²) in [4.78, 5) is 47.5. The number of thiophene rings is 1. The minimum Gasteiger partial charge on any atom is -0.355 e. The van der Waals surface area contributed by atoms with Crippen molar-refractivity contribution >= 4 is 44.9 Å². The molecule has 30 heavy (non-hydrogen) atoms. The van der Waals surface area contributed by atoms with Crippen LogP contribution in [0, 0.1) is 27.7 Å². The molecule has 0 amide bonds. The second-order valence-electron chi connectivity index (χ2n) is 7.56. The molecule has 0 atom stereocenters. The summed E-state index contributed by atoms with van der Waals surface area (Å²) in [5.41, 5.74) is 3.37. The molecular formula is C22H27N3O3S2. The molecule has 0 saturated carbocycles. The molecule has 0 aliphatic carbocycles. The molecule has 8 heteroatoms. The molecule has 0 aliphatic heterocycles. The van der Waals surface area contributed by atoms with E-state index in [1.54, 1.807) is 18.4 Å². The van der Waals surface area contributed by atoms with E-state index >= 15 is 0 Å². The summed E-state index contributed by atoms with van der Waals surface area (Å²) in [7, 11) is 0. The van der Waals surface area contributed by atoms with Gasteiger partial charge in [-0.3, -0.25) is 19.0 Å². The SMILES string of the molecule is CCCCn1c(SCC(=O)c2[nH]c(C)c(C(C)=O)c2C)nc2sc(C)c(C)c2c1=O. The highest BCUT2D eigenvalue weighted by atomic mass is 32.2. The Kier molecular flexibility index (Phi) is 6.67. The van der Waals surface area contributed by atoms with Crippen molar-refractivity contribution in [1.82, 2.24) is 14.5 Å². The highest BCUT2D eigenvalue weighted by Crippen LogP contribution is 2.29. The molecule has 1 N–H and O–H groups in total. The van der Waals surface area contributed by atoms with Crippen LogP contribution in [0.2, 0.25) is 0 Å². The second-order valence-corrected chi connectivity index (χ2v) is 9.71. The van der Waals surface area contributed by atoms with Crippen LogP contribution < -0.4 is 5.56 Å². The van der Waals surface area contributed by atoms with Crippen LogP contribution in [0.1, 0.15) is 69.2 Å². The summed E-state index contributed by atoms with van der Waals surface area (Å²) < 4.78 is 1.71. The summed E-state index contributed by atoms with van der Waals surface area (Å²) >= 11 is 2.80. The third-order valence-electron chi connectivity index (χ3n) is 5.39. The van der Waals surface area contributed by atoms with Gasteiger partial charge in [0.1, 0.15) is 4.83 Å². The standard InChI is InChI=1S/C22H27N3O3S2/c1-7-8-9-25-21(28)18-11(2)15(6)30-20(18)24-22(25)29-10-16(27)19-12(3)17(14(5)26)13(4)23-19/h23H,7-10H2,1-6H3. The minimum atomic E-state index is -0.108. The fourth-order valence-electron chi connectivity index (χ4n) is 3.69. The molecule has 3 aromatic heterocycles. The van der Waals surface area contributed by atoms with Crippen molar-refractivity contribution in [2.24, 2.45) is 0 Å². The summed E-state index contributed by atoms with van der Waals surface area (Å²) in [5.74, 6) is -0.0223.